The first kappa shape index (κ1) is 9.63. The number of nitrogens with one attached hydrogen (secondary N) is 1. The molecule has 0 saturated carbocycles. The molecular formula is C8H17NO. The van der Waals surface area contributed by atoms with Gasteiger partial charge in [0.2, 0.25) is 0 Å². The number of hydrogen-bond acceptors (Lipinski definition) is 2. The minimum atomic E-state index is 0.291. The summed E-state index contributed by atoms with van der Waals surface area (Å²) in [5.41, 5.74) is 0.831. The van der Waals surface area contributed by atoms with Gasteiger partial charge in [-0.1, -0.05) is 13.3 Å². The van der Waals surface area contributed by atoms with E-state index in [1.54, 1.807) is 0 Å². The molecule has 0 aromatic heterocycles. The maximum absolute atomic E-state index is 8.44. The van der Waals surface area contributed by atoms with Gasteiger partial charge in [-0.05, 0) is 25.7 Å². The molecule has 0 saturated heterocycles. The van der Waals surface area contributed by atoms with Gasteiger partial charge in [0.05, 0.1) is 0 Å². The van der Waals surface area contributed by atoms with Gasteiger partial charge in [-0.15, -0.1) is 0 Å². The molecule has 2 N–H and O–H groups in total. The van der Waals surface area contributed by atoms with Gasteiger partial charge in [-0.2, -0.15) is 0 Å². The monoisotopic (exact) mass is 143 g/mol. The molecule has 2 heteroatoms. The first-order valence-electron chi connectivity index (χ1n) is 3.98. The maximum Gasteiger partial charge on any atom is 0.0431 e. The molecule has 0 rings (SSSR count). The highest BCUT2D eigenvalue weighted by molar-refractivity contribution is 5.80. The molecule has 0 aromatic rings. The number of unbranched alkanes of at least 4 members (excludes halogenated alkanes) is 2. The molecule has 60 valence electrons. The van der Waals surface area contributed by atoms with Crippen LogP contribution in [0.2, 0.25) is 0 Å². The molecule has 0 aliphatic heterocycles. The van der Waals surface area contributed by atoms with Gasteiger partial charge in [0.1, 0.15) is 0 Å². The van der Waals surface area contributed by atoms with Crippen molar-refractivity contribution in [3.05, 3.63) is 0 Å². The van der Waals surface area contributed by atoms with Gasteiger partial charge < -0.3 is 10.5 Å². The number of rotatable bonds is 6. The zero-order chi connectivity index (χ0) is 7.82. The van der Waals surface area contributed by atoms with Crippen LogP contribution in [-0.2, 0) is 0 Å². The van der Waals surface area contributed by atoms with Crippen molar-refractivity contribution in [2.45, 2.75) is 39.0 Å². The lowest BCUT2D eigenvalue weighted by molar-refractivity contribution is 0.283. The third kappa shape index (κ3) is 5.76. The molecule has 0 fully saturated rings. The Bertz CT molecular complexity index is 91.3. The van der Waals surface area contributed by atoms with Crippen LogP contribution in [0.4, 0.5) is 0 Å². The standard InChI is InChI=1S/C8H17NO/c1-2-8(9)6-4-3-5-7-10/h9-10H,2-7H2,1H3. The predicted octanol–water partition coefficient (Wildman–Crippen LogP) is 1.97. The van der Waals surface area contributed by atoms with E-state index in [-0.39, 0.29) is 0 Å². The smallest absolute Gasteiger partial charge is 0.0431 e. The molecule has 0 heterocycles. The van der Waals surface area contributed by atoms with Crippen molar-refractivity contribution < 1.29 is 5.11 Å². The highest BCUT2D eigenvalue weighted by Crippen LogP contribution is 2.01. The van der Waals surface area contributed by atoms with Crippen molar-refractivity contribution in [2.75, 3.05) is 6.61 Å². The predicted molar refractivity (Wildman–Crippen MR) is 43.6 cm³/mol. The van der Waals surface area contributed by atoms with Crippen LogP contribution in [0.5, 0.6) is 0 Å². The normalized spacial score (nSPS) is 9.80. The van der Waals surface area contributed by atoms with Gasteiger partial charge in [-0.25, -0.2) is 0 Å². The second-order valence-electron chi connectivity index (χ2n) is 2.49. The van der Waals surface area contributed by atoms with Gasteiger partial charge in [0.15, 0.2) is 0 Å². The van der Waals surface area contributed by atoms with Gasteiger partial charge in [0.25, 0.3) is 0 Å². The van der Waals surface area contributed by atoms with Crippen LogP contribution in [0.25, 0.3) is 0 Å². The SMILES string of the molecule is CCC(=N)CCCCCO. The first-order valence-corrected chi connectivity index (χ1v) is 3.98. The van der Waals surface area contributed by atoms with Crippen LogP contribution >= 0.6 is 0 Å². The summed E-state index contributed by atoms with van der Waals surface area (Å²) in [5.74, 6) is 0. The van der Waals surface area contributed by atoms with E-state index in [1.807, 2.05) is 6.92 Å². The summed E-state index contributed by atoms with van der Waals surface area (Å²) in [6.07, 6.45) is 4.79. The van der Waals surface area contributed by atoms with Crippen molar-refractivity contribution >= 4 is 5.71 Å². The highest BCUT2D eigenvalue weighted by atomic mass is 16.2. The minimum Gasteiger partial charge on any atom is -0.396 e. The summed E-state index contributed by atoms with van der Waals surface area (Å²) in [4.78, 5) is 0. The number of hydrogen-bond donors (Lipinski definition) is 2. The van der Waals surface area contributed by atoms with Crippen molar-refractivity contribution in [3.63, 3.8) is 0 Å². The molecule has 0 spiro atoms. The molecule has 0 radical (unpaired) electrons. The van der Waals surface area contributed by atoms with Gasteiger partial charge in [0, 0.05) is 12.3 Å². The highest BCUT2D eigenvalue weighted by Gasteiger charge is 1.92. The van der Waals surface area contributed by atoms with Crippen molar-refractivity contribution in [1.29, 1.82) is 5.41 Å². The van der Waals surface area contributed by atoms with Gasteiger partial charge in [-0.3, -0.25) is 0 Å². The Morgan fingerprint density at radius 2 is 2.00 bits per heavy atom. The molecule has 0 atom stereocenters. The Balaban J connectivity index is 2.96. The number of aliphatic hydroxyl groups is 1. The summed E-state index contributed by atoms with van der Waals surface area (Å²) in [7, 11) is 0. The lowest BCUT2D eigenvalue weighted by Crippen LogP contribution is -1.93. The van der Waals surface area contributed by atoms with Crippen LogP contribution in [0.3, 0.4) is 0 Å². The minimum absolute atomic E-state index is 0.291. The topological polar surface area (TPSA) is 44.1 Å². The quantitative estimate of drug-likeness (QED) is 0.433. The molecule has 0 bridgehead atoms. The Labute approximate surface area is 62.8 Å². The lowest BCUT2D eigenvalue weighted by atomic mass is 10.1. The molecule has 0 aliphatic carbocycles. The van der Waals surface area contributed by atoms with E-state index in [2.05, 4.69) is 0 Å². The van der Waals surface area contributed by atoms with Crippen LogP contribution in [0.1, 0.15) is 39.0 Å². The Morgan fingerprint density at radius 3 is 2.50 bits per heavy atom. The zero-order valence-electron chi connectivity index (χ0n) is 6.69. The van der Waals surface area contributed by atoms with E-state index in [0.29, 0.717) is 6.61 Å². The second-order valence-corrected chi connectivity index (χ2v) is 2.49. The van der Waals surface area contributed by atoms with E-state index >= 15 is 0 Å². The summed E-state index contributed by atoms with van der Waals surface area (Å²) in [6.45, 7) is 2.30. The Kier molecular flexibility index (Phi) is 6.50. The fourth-order valence-electron chi connectivity index (χ4n) is 0.804. The van der Waals surface area contributed by atoms with E-state index in [0.717, 1.165) is 37.8 Å². The molecular weight excluding hydrogens is 126 g/mol. The molecule has 2 nitrogen and oxygen atoms in total. The average molecular weight is 143 g/mol. The van der Waals surface area contributed by atoms with Crippen molar-refractivity contribution in [2.24, 2.45) is 0 Å². The molecule has 0 amide bonds. The number of aliphatic hydroxyl groups excluding tert-OH is 1. The molecule has 0 unspecified atom stereocenters. The van der Waals surface area contributed by atoms with Gasteiger partial charge >= 0.3 is 0 Å². The third-order valence-electron chi connectivity index (χ3n) is 1.56. The summed E-state index contributed by atoms with van der Waals surface area (Å²) < 4.78 is 0. The summed E-state index contributed by atoms with van der Waals surface area (Å²) in [6, 6.07) is 0. The second kappa shape index (κ2) is 6.75. The Morgan fingerprint density at radius 1 is 1.30 bits per heavy atom. The van der Waals surface area contributed by atoms with E-state index < -0.39 is 0 Å². The van der Waals surface area contributed by atoms with Crippen molar-refractivity contribution in [3.8, 4) is 0 Å². The molecule has 10 heavy (non-hydrogen) atoms. The van der Waals surface area contributed by atoms with Crippen molar-refractivity contribution in [1.82, 2.24) is 0 Å². The summed E-state index contributed by atoms with van der Waals surface area (Å²) in [5, 5.41) is 15.7. The van der Waals surface area contributed by atoms with E-state index in [4.69, 9.17) is 10.5 Å². The van der Waals surface area contributed by atoms with E-state index in [1.165, 1.54) is 0 Å². The van der Waals surface area contributed by atoms with E-state index in [9.17, 15) is 0 Å². The fourth-order valence-corrected chi connectivity index (χ4v) is 0.804. The maximum atomic E-state index is 8.44. The van der Waals surface area contributed by atoms with Crippen LogP contribution in [0.15, 0.2) is 0 Å². The molecule has 0 aromatic carbocycles. The Hall–Kier alpha value is -0.370. The zero-order valence-corrected chi connectivity index (χ0v) is 6.69. The van der Waals surface area contributed by atoms with Crippen LogP contribution in [0, 0.1) is 5.41 Å². The van der Waals surface area contributed by atoms with Crippen LogP contribution < -0.4 is 0 Å². The average Bonchev–Trinajstić information content (AvgIpc) is 1.98. The molecule has 0 aliphatic rings. The lowest BCUT2D eigenvalue weighted by Gasteiger charge is -1.98. The third-order valence-corrected chi connectivity index (χ3v) is 1.56. The largest absolute Gasteiger partial charge is 0.396 e. The fraction of sp³-hybridized carbons (Fsp3) is 0.875. The first-order chi connectivity index (χ1) is 4.81. The summed E-state index contributed by atoms with van der Waals surface area (Å²) >= 11 is 0. The van der Waals surface area contributed by atoms with Crippen LogP contribution in [-0.4, -0.2) is 17.4 Å².